The minimum absolute atomic E-state index is 0.101. The Morgan fingerprint density at radius 1 is 1.17 bits per heavy atom. The van der Waals surface area contributed by atoms with Gasteiger partial charge in [-0.05, 0) is 24.1 Å². The molecule has 0 unspecified atom stereocenters. The smallest absolute Gasteiger partial charge is 0.343 e. The van der Waals surface area contributed by atoms with Gasteiger partial charge in [0.05, 0.1) is 35.2 Å². The Hall–Kier alpha value is -4.30. The van der Waals surface area contributed by atoms with Gasteiger partial charge in [0.2, 0.25) is 0 Å². The second-order valence-electron chi connectivity index (χ2n) is 9.01. The number of pyridine rings is 2. The van der Waals surface area contributed by atoms with Crippen LogP contribution in [0.3, 0.4) is 0 Å². The lowest BCUT2D eigenvalue weighted by Crippen LogP contribution is -2.44. The third-order valence-corrected chi connectivity index (χ3v) is 6.91. The largest absolute Gasteiger partial charge is 0.458 e. The molecular formula is C28H23N3O5. The van der Waals surface area contributed by atoms with Crippen LogP contribution in [-0.2, 0) is 39.7 Å². The molecule has 2 aromatic carbocycles. The van der Waals surface area contributed by atoms with Crippen LogP contribution in [0.5, 0.6) is 0 Å². The van der Waals surface area contributed by atoms with Gasteiger partial charge in [-0.3, -0.25) is 4.79 Å². The molecule has 6 rings (SSSR count). The summed E-state index contributed by atoms with van der Waals surface area (Å²) in [5.74, 6) is -0.736. The number of cyclic esters (lactones) is 1. The summed E-state index contributed by atoms with van der Waals surface area (Å²) in [6.07, 6.45) is 1.73. The molecule has 0 aliphatic carbocycles. The Bertz CT molecular complexity index is 1610. The number of nitrogens with zero attached hydrogens (tertiary/aromatic N) is 3. The van der Waals surface area contributed by atoms with Crippen molar-refractivity contribution in [2.75, 3.05) is 0 Å². The van der Waals surface area contributed by atoms with E-state index in [1.807, 2.05) is 54.6 Å². The molecule has 0 amide bonds. The number of aromatic nitrogens is 2. The lowest BCUT2D eigenvalue weighted by Gasteiger charge is -2.31. The maximum absolute atomic E-state index is 13.3. The van der Waals surface area contributed by atoms with E-state index >= 15 is 0 Å². The summed E-state index contributed by atoms with van der Waals surface area (Å²) in [5, 5.41) is 16.1. The standard InChI is InChI=1S/C28H23N3O5/c1-2-28(34)22-12-23-25-20(14-31(23)26(32)21(22)16-35-27(28)33)11-18-9-6-10-19(24(18)30-25)13-29-36-15-17-7-4-3-5-8-17/h3-13,34H,2,14-16H2,1H3/b29-13+/t28-/m0/s1. The Labute approximate surface area is 206 Å². The first-order valence-corrected chi connectivity index (χ1v) is 11.8. The summed E-state index contributed by atoms with van der Waals surface area (Å²) in [4.78, 5) is 36.1. The average Bonchev–Trinajstić information content (AvgIpc) is 3.26. The third kappa shape index (κ3) is 3.41. The highest BCUT2D eigenvalue weighted by Crippen LogP contribution is 2.38. The number of benzene rings is 2. The van der Waals surface area contributed by atoms with Crippen molar-refractivity contribution in [3.63, 3.8) is 0 Å². The highest BCUT2D eigenvalue weighted by molar-refractivity contribution is 5.98. The van der Waals surface area contributed by atoms with Crippen molar-refractivity contribution in [3.8, 4) is 11.4 Å². The van der Waals surface area contributed by atoms with Gasteiger partial charge in [-0.25, -0.2) is 9.78 Å². The summed E-state index contributed by atoms with van der Waals surface area (Å²) < 4.78 is 6.76. The Morgan fingerprint density at radius 2 is 2.00 bits per heavy atom. The zero-order valence-electron chi connectivity index (χ0n) is 19.6. The molecule has 0 fully saturated rings. The van der Waals surface area contributed by atoms with Crippen LogP contribution in [0, 0.1) is 0 Å². The van der Waals surface area contributed by atoms with Gasteiger partial charge < -0.3 is 19.2 Å². The number of ether oxygens (including phenoxy) is 1. The molecule has 2 aliphatic rings. The molecule has 0 bridgehead atoms. The fourth-order valence-electron chi connectivity index (χ4n) is 4.91. The highest BCUT2D eigenvalue weighted by atomic mass is 16.6. The van der Waals surface area contributed by atoms with E-state index in [0.717, 1.165) is 22.1 Å². The molecule has 0 radical (unpaired) electrons. The summed E-state index contributed by atoms with van der Waals surface area (Å²) in [5.41, 5.74) is 3.10. The van der Waals surface area contributed by atoms with Crippen LogP contribution in [0.1, 0.15) is 41.2 Å². The average molecular weight is 482 g/mol. The highest BCUT2D eigenvalue weighted by Gasteiger charge is 2.45. The van der Waals surface area contributed by atoms with Crippen LogP contribution in [0.15, 0.2) is 70.6 Å². The van der Waals surface area contributed by atoms with E-state index in [0.29, 0.717) is 41.2 Å². The fourth-order valence-corrected chi connectivity index (χ4v) is 4.91. The first-order valence-electron chi connectivity index (χ1n) is 11.8. The van der Waals surface area contributed by atoms with Crippen LogP contribution in [-0.4, -0.2) is 26.8 Å². The molecule has 2 aliphatic heterocycles. The monoisotopic (exact) mass is 481 g/mol. The fraction of sp³-hybridized carbons (Fsp3) is 0.214. The summed E-state index contributed by atoms with van der Waals surface area (Å²) in [7, 11) is 0. The van der Waals surface area contributed by atoms with Crippen LogP contribution >= 0.6 is 0 Å². The van der Waals surface area contributed by atoms with Crippen molar-refractivity contribution < 1.29 is 19.5 Å². The minimum Gasteiger partial charge on any atom is -0.458 e. The third-order valence-electron chi connectivity index (χ3n) is 6.91. The number of aliphatic hydroxyl groups is 1. The number of para-hydroxylation sites is 1. The molecule has 180 valence electrons. The lowest BCUT2D eigenvalue weighted by molar-refractivity contribution is -0.172. The zero-order chi connectivity index (χ0) is 24.9. The second kappa shape index (κ2) is 8.42. The zero-order valence-corrected chi connectivity index (χ0v) is 19.6. The van der Waals surface area contributed by atoms with E-state index in [1.165, 1.54) is 0 Å². The summed E-state index contributed by atoms with van der Waals surface area (Å²) >= 11 is 0. The Kier molecular flexibility index (Phi) is 5.19. The number of carbonyl (C=O) groups excluding carboxylic acids is 1. The Morgan fingerprint density at radius 3 is 2.81 bits per heavy atom. The van der Waals surface area contributed by atoms with Gasteiger partial charge in [0.1, 0.15) is 13.2 Å². The molecule has 1 atom stereocenters. The number of esters is 1. The Balaban J connectivity index is 1.41. The van der Waals surface area contributed by atoms with Crippen molar-refractivity contribution in [2.24, 2.45) is 5.16 Å². The maximum Gasteiger partial charge on any atom is 0.343 e. The number of rotatable bonds is 5. The summed E-state index contributed by atoms with van der Waals surface area (Å²) in [6, 6.07) is 19.3. The van der Waals surface area contributed by atoms with Crippen molar-refractivity contribution in [1.82, 2.24) is 9.55 Å². The number of hydrogen-bond donors (Lipinski definition) is 1. The molecule has 0 saturated heterocycles. The van der Waals surface area contributed by atoms with Gasteiger partial charge in [0.15, 0.2) is 5.60 Å². The minimum atomic E-state index is -1.85. The normalized spacial score (nSPS) is 18.1. The molecule has 4 aromatic rings. The predicted octanol–water partition coefficient (Wildman–Crippen LogP) is 3.63. The molecule has 1 N–H and O–H groups in total. The van der Waals surface area contributed by atoms with Crippen LogP contribution in [0.2, 0.25) is 0 Å². The molecule has 0 spiro atoms. The van der Waals surface area contributed by atoms with E-state index < -0.39 is 11.6 Å². The molecular weight excluding hydrogens is 458 g/mol. The van der Waals surface area contributed by atoms with Gasteiger partial charge in [-0.15, -0.1) is 0 Å². The number of fused-ring (bicyclic) bond motifs is 5. The number of carbonyl (C=O) groups is 1. The van der Waals surface area contributed by atoms with Crippen LogP contribution in [0.4, 0.5) is 0 Å². The van der Waals surface area contributed by atoms with Crippen molar-refractivity contribution in [1.29, 1.82) is 0 Å². The van der Waals surface area contributed by atoms with Crippen LogP contribution in [0.25, 0.3) is 22.3 Å². The van der Waals surface area contributed by atoms with Crippen molar-refractivity contribution in [2.45, 2.75) is 38.7 Å². The van der Waals surface area contributed by atoms with Crippen molar-refractivity contribution >= 4 is 23.1 Å². The second-order valence-corrected chi connectivity index (χ2v) is 9.01. The topological polar surface area (TPSA) is 103 Å². The lowest BCUT2D eigenvalue weighted by atomic mass is 9.86. The number of oxime groups is 1. The molecule has 4 heterocycles. The first-order chi connectivity index (χ1) is 17.5. The molecule has 2 aromatic heterocycles. The molecule has 0 saturated carbocycles. The van der Waals surface area contributed by atoms with E-state index in [9.17, 15) is 14.7 Å². The number of hydrogen-bond acceptors (Lipinski definition) is 7. The summed E-state index contributed by atoms with van der Waals surface area (Å²) in [6.45, 7) is 2.25. The van der Waals surface area contributed by atoms with Crippen LogP contribution < -0.4 is 5.56 Å². The molecule has 8 heteroatoms. The van der Waals surface area contributed by atoms with Gasteiger partial charge in [0, 0.05) is 22.1 Å². The molecule has 8 nitrogen and oxygen atoms in total. The van der Waals surface area contributed by atoms with Gasteiger partial charge in [0.25, 0.3) is 5.56 Å². The quantitative estimate of drug-likeness (QED) is 0.234. The molecule has 36 heavy (non-hydrogen) atoms. The van der Waals surface area contributed by atoms with Gasteiger partial charge >= 0.3 is 5.97 Å². The van der Waals surface area contributed by atoms with E-state index in [2.05, 4.69) is 5.16 Å². The van der Waals surface area contributed by atoms with Gasteiger partial charge in [-0.1, -0.05) is 60.6 Å². The van der Waals surface area contributed by atoms with E-state index in [1.54, 1.807) is 23.8 Å². The van der Waals surface area contributed by atoms with E-state index in [4.69, 9.17) is 14.6 Å². The van der Waals surface area contributed by atoms with Crippen molar-refractivity contribution in [3.05, 3.63) is 98.8 Å². The predicted molar refractivity (Wildman–Crippen MR) is 133 cm³/mol. The SMILES string of the molecule is CC[C@@]1(O)C(=O)OCc2c1cc1n(c2=O)Cc2cc3cccc(/C=N/OCc4ccccc4)c3nc2-1. The first kappa shape index (κ1) is 22.2. The van der Waals surface area contributed by atoms with Gasteiger partial charge in [-0.2, -0.15) is 0 Å². The maximum atomic E-state index is 13.3. The van der Waals surface area contributed by atoms with E-state index in [-0.39, 0.29) is 18.6 Å².